The Hall–Kier alpha value is -1.60. The van der Waals surface area contributed by atoms with Gasteiger partial charge in [0.05, 0.1) is 16.6 Å². The molecule has 4 nitrogen and oxygen atoms in total. The van der Waals surface area contributed by atoms with E-state index in [1.165, 1.54) is 38.1 Å². The van der Waals surface area contributed by atoms with Crippen LogP contribution >= 0.6 is 0 Å². The van der Waals surface area contributed by atoms with E-state index in [-0.39, 0.29) is 0 Å². The van der Waals surface area contributed by atoms with Crippen molar-refractivity contribution in [1.29, 1.82) is 0 Å². The maximum atomic E-state index is 13.0. The lowest BCUT2D eigenvalue weighted by molar-refractivity contribution is -0.137. The molecular formula is C21H29F3N4. The molecule has 0 saturated carbocycles. The van der Waals surface area contributed by atoms with Gasteiger partial charge in [-0.05, 0) is 70.4 Å². The number of alkyl halides is 3. The van der Waals surface area contributed by atoms with Crippen LogP contribution in [0.4, 0.5) is 13.2 Å². The number of imidazole rings is 1. The number of nitrogens with zero attached hydrogens (tertiary/aromatic N) is 4. The molecule has 0 unspecified atom stereocenters. The van der Waals surface area contributed by atoms with Gasteiger partial charge >= 0.3 is 6.18 Å². The molecule has 154 valence electrons. The van der Waals surface area contributed by atoms with Crippen molar-refractivity contribution < 1.29 is 13.2 Å². The Labute approximate surface area is 164 Å². The minimum Gasteiger partial charge on any atom is -0.325 e. The van der Waals surface area contributed by atoms with Gasteiger partial charge < -0.3 is 14.4 Å². The first kappa shape index (κ1) is 19.7. The predicted molar refractivity (Wildman–Crippen MR) is 104 cm³/mol. The normalized spacial score (nSPS) is 21.6. The molecule has 7 heteroatoms. The van der Waals surface area contributed by atoms with E-state index in [2.05, 4.69) is 26.3 Å². The number of benzene rings is 1. The molecule has 1 aromatic heterocycles. The molecule has 0 N–H and O–H groups in total. The Morgan fingerprint density at radius 1 is 1.00 bits per heavy atom. The van der Waals surface area contributed by atoms with Crippen molar-refractivity contribution in [3.8, 4) is 0 Å². The molecule has 2 aliphatic rings. The molecule has 0 radical (unpaired) electrons. The van der Waals surface area contributed by atoms with E-state index in [1.54, 1.807) is 6.07 Å². The van der Waals surface area contributed by atoms with Gasteiger partial charge in [-0.25, -0.2) is 4.98 Å². The smallest absolute Gasteiger partial charge is 0.325 e. The van der Waals surface area contributed by atoms with Crippen molar-refractivity contribution in [3.63, 3.8) is 0 Å². The van der Waals surface area contributed by atoms with Crippen LogP contribution in [-0.4, -0.2) is 58.1 Å². The third kappa shape index (κ3) is 3.79. The molecule has 2 aliphatic heterocycles. The average Bonchev–Trinajstić information content (AvgIpc) is 3.02. The quantitative estimate of drug-likeness (QED) is 0.767. The molecule has 0 aliphatic carbocycles. The number of rotatable bonds is 3. The van der Waals surface area contributed by atoms with Gasteiger partial charge in [0.25, 0.3) is 0 Å². The summed E-state index contributed by atoms with van der Waals surface area (Å²) in [6.07, 6.45) is 0.213. The van der Waals surface area contributed by atoms with E-state index in [0.717, 1.165) is 43.8 Å². The van der Waals surface area contributed by atoms with Gasteiger partial charge in [0, 0.05) is 25.2 Å². The summed E-state index contributed by atoms with van der Waals surface area (Å²) in [5.74, 6) is 0.809. The van der Waals surface area contributed by atoms with E-state index in [9.17, 15) is 13.2 Å². The fourth-order valence-corrected chi connectivity index (χ4v) is 4.97. The molecule has 2 fully saturated rings. The van der Waals surface area contributed by atoms with Crippen LogP contribution in [0.3, 0.4) is 0 Å². The molecule has 4 rings (SSSR count). The van der Waals surface area contributed by atoms with Crippen molar-refractivity contribution in [2.24, 2.45) is 0 Å². The molecule has 0 spiro atoms. The lowest BCUT2D eigenvalue weighted by Crippen LogP contribution is -2.47. The van der Waals surface area contributed by atoms with Crippen LogP contribution in [0.1, 0.15) is 50.0 Å². The Balaban J connectivity index is 1.46. The van der Waals surface area contributed by atoms with E-state index in [0.29, 0.717) is 17.6 Å². The van der Waals surface area contributed by atoms with Crippen LogP contribution in [-0.2, 0) is 6.18 Å². The van der Waals surface area contributed by atoms with Crippen LogP contribution in [0.5, 0.6) is 0 Å². The number of hydrogen-bond donors (Lipinski definition) is 0. The van der Waals surface area contributed by atoms with E-state index >= 15 is 0 Å². The minimum atomic E-state index is -4.33. The second-order valence-corrected chi connectivity index (χ2v) is 8.16. The highest BCUT2D eigenvalue weighted by molar-refractivity contribution is 5.77. The Bertz CT molecular complexity index is 813. The second-order valence-electron chi connectivity index (χ2n) is 8.16. The van der Waals surface area contributed by atoms with Gasteiger partial charge in [0.2, 0.25) is 0 Å². The zero-order chi connectivity index (χ0) is 19.9. The van der Waals surface area contributed by atoms with Crippen molar-refractivity contribution in [2.75, 3.05) is 32.7 Å². The van der Waals surface area contributed by atoms with Gasteiger partial charge in [0.1, 0.15) is 5.82 Å². The molecular weight excluding hydrogens is 365 g/mol. The minimum absolute atomic E-state index is 0.314. The maximum Gasteiger partial charge on any atom is 0.416 e. The fourth-order valence-electron chi connectivity index (χ4n) is 4.97. The number of likely N-dealkylation sites (tertiary alicyclic amines) is 2. The van der Waals surface area contributed by atoms with Crippen LogP contribution in [0.15, 0.2) is 18.2 Å². The first-order chi connectivity index (χ1) is 13.4. The van der Waals surface area contributed by atoms with Crippen LogP contribution in [0.2, 0.25) is 0 Å². The second kappa shape index (κ2) is 7.67. The SMILES string of the molecule is CCN1CCC(N2CCC(n3c(C)nc4cc(C(F)(F)F)ccc43)CC2)CC1. The summed E-state index contributed by atoms with van der Waals surface area (Å²) in [6, 6.07) is 4.93. The van der Waals surface area contributed by atoms with Gasteiger partial charge in [-0.1, -0.05) is 6.92 Å². The molecule has 2 aromatic rings. The van der Waals surface area contributed by atoms with Gasteiger partial charge in [-0.3, -0.25) is 0 Å². The molecule has 1 aromatic carbocycles. The summed E-state index contributed by atoms with van der Waals surface area (Å²) in [7, 11) is 0. The first-order valence-electron chi connectivity index (χ1n) is 10.4. The summed E-state index contributed by atoms with van der Waals surface area (Å²) < 4.78 is 41.2. The Morgan fingerprint density at radius 2 is 1.64 bits per heavy atom. The number of halogens is 3. The average molecular weight is 394 g/mol. The lowest BCUT2D eigenvalue weighted by atomic mass is 9.97. The molecule has 28 heavy (non-hydrogen) atoms. The summed E-state index contributed by atoms with van der Waals surface area (Å²) in [5.41, 5.74) is 0.639. The molecule has 3 heterocycles. The van der Waals surface area contributed by atoms with Crippen molar-refractivity contribution in [2.45, 2.75) is 57.8 Å². The summed E-state index contributed by atoms with van der Waals surface area (Å²) in [6.45, 7) is 9.75. The van der Waals surface area contributed by atoms with Crippen molar-refractivity contribution in [1.82, 2.24) is 19.4 Å². The van der Waals surface area contributed by atoms with Crippen LogP contribution in [0, 0.1) is 6.92 Å². The zero-order valence-corrected chi connectivity index (χ0v) is 16.7. The van der Waals surface area contributed by atoms with Crippen LogP contribution < -0.4 is 0 Å². The first-order valence-corrected chi connectivity index (χ1v) is 10.4. The molecule has 0 amide bonds. The largest absolute Gasteiger partial charge is 0.416 e. The Kier molecular flexibility index (Phi) is 5.40. The number of aromatic nitrogens is 2. The predicted octanol–water partition coefficient (Wildman–Crippen LogP) is 4.48. The number of fused-ring (bicyclic) bond motifs is 1. The highest BCUT2D eigenvalue weighted by Gasteiger charge is 2.32. The van der Waals surface area contributed by atoms with Gasteiger partial charge in [-0.15, -0.1) is 0 Å². The molecule has 0 bridgehead atoms. The van der Waals surface area contributed by atoms with Crippen molar-refractivity contribution in [3.05, 3.63) is 29.6 Å². The highest BCUT2D eigenvalue weighted by Crippen LogP contribution is 2.34. The summed E-state index contributed by atoms with van der Waals surface area (Å²) >= 11 is 0. The Morgan fingerprint density at radius 3 is 2.25 bits per heavy atom. The fraction of sp³-hybridized carbons (Fsp3) is 0.667. The third-order valence-electron chi connectivity index (χ3n) is 6.58. The summed E-state index contributed by atoms with van der Waals surface area (Å²) in [4.78, 5) is 9.57. The van der Waals surface area contributed by atoms with E-state index in [4.69, 9.17) is 0 Å². The third-order valence-corrected chi connectivity index (χ3v) is 6.58. The van der Waals surface area contributed by atoms with E-state index in [1.807, 2.05) is 6.92 Å². The monoisotopic (exact) mass is 394 g/mol. The topological polar surface area (TPSA) is 24.3 Å². The maximum absolute atomic E-state index is 13.0. The zero-order valence-electron chi connectivity index (χ0n) is 16.7. The number of hydrogen-bond acceptors (Lipinski definition) is 3. The van der Waals surface area contributed by atoms with Gasteiger partial charge in [0.15, 0.2) is 0 Å². The standard InChI is InChI=1S/C21H29F3N4/c1-3-26-10-6-17(7-11-26)27-12-8-18(9-13-27)28-15(2)25-19-14-16(21(22,23)24)4-5-20(19)28/h4-5,14,17-18H,3,6-13H2,1-2H3. The molecule has 2 saturated heterocycles. The lowest BCUT2D eigenvalue weighted by Gasteiger charge is -2.42. The van der Waals surface area contributed by atoms with Crippen LogP contribution in [0.25, 0.3) is 11.0 Å². The number of aryl methyl sites for hydroxylation is 1. The summed E-state index contributed by atoms with van der Waals surface area (Å²) in [5, 5.41) is 0. The number of piperidine rings is 2. The highest BCUT2D eigenvalue weighted by atomic mass is 19.4. The molecule has 0 atom stereocenters. The van der Waals surface area contributed by atoms with Gasteiger partial charge in [-0.2, -0.15) is 13.2 Å². The van der Waals surface area contributed by atoms with Crippen molar-refractivity contribution >= 4 is 11.0 Å². The van der Waals surface area contributed by atoms with E-state index < -0.39 is 11.7 Å².